The number of hydrogen-bond acceptors (Lipinski definition) is 5. The minimum atomic E-state index is -4.35. The molecule has 0 rings (SSSR count). The number of unbranched alkanes of at least 4 members (excludes halogenated alkanes) is 32. The van der Waals surface area contributed by atoms with E-state index in [1.165, 1.54) is 186 Å². The number of carbonyl (C=O) groups excluding carboxylic acids is 1. The molecule has 0 saturated carbocycles. The lowest BCUT2D eigenvalue weighted by Gasteiger charge is -2.25. The largest absolute Gasteiger partial charge is 0.472 e. The number of allylic oxidation sites excluding steroid dienone is 3. The fourth-order valence-electron chi connectivity index (χ4n) is 7.59. The van der Waals surface area contributed by atoms with Crippen LogP contribution < -0.4 is 5.32 Å². The molecule has 0 fully saturated rings. The lowest BCUT2D eigenvalue weighted by atomic mass is 10.0. The molecule has 0 saturated heterocycles. The van der Waals surface area contributed by atoms with E-state index in [0.29, 0.717) is 17.4 Å². The number of carbonyl (C=O) groups is 1. The van der Waals surface area contributed by atoms with Crippen LogP contribution in [0, 0.1) is 0 Å². The van der Waals surface area contributed by atoms with Crippen LogP contribution in [0.15, 0.2) is 24.3 Å². The van der Waals surface area contributed by atoms with Gasteiger partial charge in [-0.05, 0) is 32.1 Å². The highest BCUT2D eigenvalue weighted by atomic mass is 31.2. The normalized spacial score (nSPS) is 14.3. The van der Waals surface area contributed by atoms with Gasteiger partial charge in [-0.15, -0.1) is 0 Å². The minimum Gasteiger partial charge on any atom is -0.387 e. The van der Waals surface area contributed by atoms with E-state index < -0.39 is 20.0 Å². The van der Waals surface area contributed by atoms with Crippen molar-refractivity contribution < 1.29 is 32.9 Å². The first-order valence-electron chi connectivity index (χ1n) is 25.7. The molecule has 0 aliphatic heterocycles. The summed E-state index contributed by atoms with van der Waals surface area (Å²) in [4.78, 5) is 23.2. The molecule has 0 heterocycles. The van der Waals surface area contributed by atoms with E-state index in [2.05, 4.69) is 31.3 Å². The molecule has 0 spiro atoms. The Kier molecular flexibility index (Phi) is 42.5. The number of nitrogens with one attached hydrogen (secondary N) is 1. The number of amides is 1. The standard InChI is InChI=1S/C51H101N2O6P/c1-6-8-10-12-14-16-18-20-22-24-25-26-27-29-31-33-35-37-39-41-43-45-51(55)52-49(48-59-60(56,57)58-47-46-53(3,4)5)50(54)44-42-40-38-36-34-32-30-28-23-21-19-17-15-13-11-9-7-2/h34,36,42,44,49-50,54H,6-33,35,37-41,43,45-48H2,1-5H3,(H-,52,55,56,57)/p+1/b36-34+,44-42+. The zero-order valence-corrected chi connectivity index (χ0v) is 41.4. The summed E-state index contributed by atoms with van der Waals surface area (Å²) in [5, 5.41) is 13.9. The fraction of sp³-hybridized carbons (Fsp3) is 0.902. The van der Waals surface area contributed by atoms with E-state index in [9.17, 15) is 19.4 Å². The molecule has 3 N–H and O–H groups in total. The first kappa shape index (κ1) is 59.0. The number of aliphatic hydroxyl groups is 1. The van der Waals surface area contributed by atoms with Gasteiger partial charge in [0.2, 0.25) is 5.91 Å². The van der Waals surface area contributed by atoms with Crippen molar-refractivity contribution in [3.8, 4) is 0 Å². The molecule has 0 aromatic carbocycles. The molecule has 356 valence electrons. The minimum absolute atomic E-state index is 0.0585. The third kappa shape index (κ3) is 45.0. The topological polar surface area (TPSA) is 105 Å². The Bertz CT molecular complexity index is 1030. The molecule has 3 atom stereocenters. The first-order chi connectivity index (χ1) is 29.0. The summed E-state index contributed by atoms with van der Waals surface area (Å²) in [5.41, 5.74) is 0. The maximum atomic E-state index is 12.9. The molecular formula is C51H102N2O6P+. The van der Waals surface area contributed by atoms with E-state index in [4.69, 9.17) is 9.05 Å². The van der Waals surface area contributed by atoms with Gasteiger partial charge >= 0.3 is 7.82 Å². The van der Waals surface area contributed by atoms with Crippen molar-refractivity contribution in [3.05, 3.63) is 24.3 Å². The highest BCUT2D eigenvalue weighted by Gasteiger charge is 2.27. The van der Waals surface area contributed by atoms with Gasteiger partial charge in [-0.1, -0.05) is 231 Å². The van der Waals surface area contributed by atoms with Crippen LogP contribution in [0.3, 0.4) is 0 Å². The average molecular weight is 870 g/mol. The maximum Gasteiger partial charge on any atom is 0.472 e. The Morgan fingerprint density at radius 1 is 0.550 bits per heavy atom. The number of nitrogens with zero attached hydrogens (tertiary/aromatic N) is 1. The van der Waals surface area contributed by atoms with E-state index >= 15 is 0 Å². The quantitative estimate of drug-likeness (QED) is 0.0243. The highest BCUT2D eigenvalue weighted by Crippen LogP contribution is 2.43. The first-order valence-corrected chi connectivity index (χ1v) is 27.2. The monoisotopic (exact) mass is 870 g/mol. The molecule has 0 aromatic rings. The molecule has 3 unspecified atom stereocenters. The number of phosphoric acid groups is 1. The zero-order valence-electron chi connectivity index (χ0n) is 40.5. The number of phosphoric ester groups is 1. The lowest BCUT2D eigenvalue weighted by Crippen LogP contribution is -2.45. The third-order valence-corrected chi connectivity index (χ3v) is 12.7. The zero-order chi connectivity index (χ0) is 44.3. The predicted octanol–water partition coefficient (Wildman–Crippen LogP) is 14.9. The van der Waals surface area contributed by atoms with Crippen molar-refractivity contribution in [3.63, 3.8) is 0 Å². The van der Waals surface area contributed by atoms with Crippen LogP contribution >= 0.6 is 7.82 Å². The summed E-state index contributed by atoms with van der Waals surface area (Å²) >= 11 is 0. The molecule has 9 heteroatoms. The number of likely N-dealkylation sites (N-methyl/N-ethyl adjacent to an activating group) is 1. The Morgan fingerprint density at radius 2 is 0.917 bits per heavy atom. The number of hydrogen-bond donors (Lipinski definition) is 3. The van der Waals surface area contributed by atoms with E-state index in [1.54, 1.807) is 6.08 Å². The smallest absolute Gasteiger partial charge is 0.387 e. The maximum absolute atomic E-state index is 12.9. The Balaban J connectivity index is 4.31. The van der Waals surface area contributed by atoms with Gasteiger partial charge < -0.3 is 19.8 Å². The summed E-state index contributed by atoms with van der Waals surface area (Å²) in [6.07, 6.45) is 52.6. The predicted molar refractivity (Wildman–Crippen MR) is 258 cm³/mol. The summed E-state index contributed by atoms with van der Waals surface area (Å²) in [7, 11) is 1.56. The fourth-order valence-corrected chi connectivity index (χ4v) is 8.32. The Labute approximate surface area is 373 Å². The summed E-state index contributed by atoms with van der Waals surface area (Å²) < 4.78 is 23.6. The van der Waals surface area contributed by atoms with Gasteiger partial charge in [0.25, 0.3) is 0 Å². The van der Waals surface area contributed by atoms with Gasteiger partial charge in [-0.25, -0.2) is 4.57 Å². The van der Waals surface area contributed by atoms with E-state index in [0.717, 1.165) is 38.5 Å². The van der Waals surface area contributed by atoms with Gasteiger partial charge in [0.1, 0.15) is 13.2 Å². The van der Waals surface area contributed by atoms with Crippen molar-refractivity contribution in [2.45, 2.75) is 257 Å². The van der Waals surface area contributed by atoms with Crippen LogP contribution in [-0.2, 0) is 18.4 Å². The van der Waals surface area contributed by atoms with Gasteiger partial charge in [-0.3, -0.25) is 13.8 Å². The molecule has 8 nitrogen and oxygen atoms in total. The Hall–Kier alpha value is -1.02. The molecule has 0 radical (unpaired) electrons. The van der Waals surface area contributed by atoms with Gasteiger partial charge in [0.15, 0.2) is 0 Å². The lowest BCUT2D eigenvalue weighted by molar-refractivity contribution is -0.870. The van der Waals surface area contributed by atoms with Crippen LogP contribution in [0.4, 0.5) is 0 Å². The van der Waals surface area contributed by atoms with Crippen molar-refractivity contribution in [2.75, 3.05) is 40.9 Å². The van der Waals surface area contributed by atoms with Crippen LogP contribution in [0.1, 0.15) is 245 Å². The summed E-state index contributed by atoms with van der Waals surface area (Å²) in [6, 6.07) is -0.859. The molecule has 0 aliphatic rings. The molecule has 60 heavy (non-hydrogen) atoms. The van der Waals surface area contributed by atoms with Crippen LogP contribution in [-0.4, -0.2) is 73.4 Å². The van der Waals surface area contributed by atoms with E-state index in [-0.39, 0.29) is 19.1 Å². The van der Waals surface area contributed by atoms with Crippen LogP contribution in [0.25, 0.3) is 0 Å². The van der Waals surface area contributed by atoms with Gasteiger partial charge in [0.05, 0.1) is 39.9 Å². The SMILES string of the molecule is CCCCCCCCCCCCC/C=C/CC/C=C/C(O)C(COP(=O)(O)OCC[N+](C)(C)C)NC(=O)CCCCCCCCCCCCCCCCCCCCCCC. The van der Waals surface area contributed by atoms with Crippen LogP contribution in [0.2, 0.25) is 0 Å². The van der Waals surface area contributed by atoms with Crippen molar-refractivity contribution in [1.29, 1.82) is 0 Å². The average Bonchev–Trinajstić information content (AvgIpc) is 3.20. The van der Waals surface area contributed by atoms with Crippen molar-refractivity contribution in [1.82, 2.24) is 5.32 Å². The molecule has 0 aromatic heterocycles. The van der Waals surface area contributed by atoms with Crippen LogP contribution in [0.5, 0.6) is 0 Å². The second kappa shape index (κ2) is 43.2. The van der Waals surface area contributed by atoms with Crippen molar-refractivity contribution >= 4 is 13.7 Å². The van der Waals surface area contributed by atoms with Crippen molar-refractivity contribution in [2.24, 2.45) is 0 Å². The second-order valence-electron chi connectivity index (χ2n) is 18.9. The summed E-state index contributed by atoms with van der Waals surface area (Å²) in [6.45, 7) is 4.82. The van der Waals surface area contributed by atoms with Gasteiger partial charge in [-0.2, -0.15) is 0 Å². The molecule has 0 bridgehead atoms. The molecule has 0 aliphatic carbocycles. The third-order valence-electron chi connectivity index (χ3n) is 11.7. The molecule has 1 amide bonds. The number of aliphatic hydroxyl groups excluding tert-OH is 1. The van der Waals surface area contributed by atoms with Gasteiger partial charge in [0, 0.05) is 6.42 Å². The molecular weight excluding hydrogens is 768 g/mol. The van der Waals surface area contributed by atoms with E-state index in [1.807, 2.05) is 27.2 Å². The Morgan fingerprint density at radius 3 is 1.33 bits per heavy atom. The number of quaternary nitrogens is 1. The summed E-state index contributed by atoms with van der Waals surface area (Å²) in [5.74, 6) is -0.182. The number of rotatable bonds is 47. The highest BCUT2D eigenvalue weighted by molar-refractivity contribution is 7.47. The second-order valence-corrected chi connectivity index (χ2v) is 20.4.